The quantitative estimate of drug-likeness (QED) is 0.856. The van der Waals surface area contributed by atoms with Gasteiger partial charge in [-0.1, -0.05) is 18.2 Å². The standard InChI is InChI=1S/C16H17FO3S/c1-19-13-8-11(12(17)9-14(13)20-2)16(18)10-6-4-5-7-15(10)21-3/h4-9,16,18H,1-3H3. The molecular weight excluding hydrogens is 291 g/mol. The van der Waals surface area contributed by atoms with Crippen molar-refractivity contribution in [3.63, 3.8) is 0 Å². The number of benzene rings is 2. The predicted octanol–water partition coefficient (Wildman–Crippen LogP) is 3.65. The van der Waals surface area contributed by atoms with Crippen molar-refractivity contribution < 1.29 is 19.0 Å². The summed E-state index contributed by atoms with van der Waals surface area (Å²) in [6, 6.07) is 10.1. The number of hydrogen-bond acceptors (Lipinski definition) is 4. The van der Waals surface area contributed by atoms with Gasteiger partial charge in [0.2, 0.25) is 0 Å². The molecule has 0 saturated heterocycles. The van der Waals surface area contributed by atoms with E-state index < -0.39 is 11.9 Å². The number of halogens is 1. The summed E-state index contributed by atoms with van der Waals surface area (Å²) in [5.74, 6) is 0.148. The molecule has 0 saturated carbocycles. The monoisotopic (exact) mass is 308 g/mol. The number of aliphatic hydroxyl groups excluding tert-OH is 1. The third-order valence-electron chi connectivity index (χ3n) is 3.23. The number of ether oxygens (including phenoxy) is 2. The van der Waals surface area contributed by atoms with Crippen molar-refractivity contribution in [3.8, 4) is 11.5 Å². The highest BCUT2D eigenvalue weighted by Crippen LogP contribution is 2.36. The van der Waals surface area contributed by atoms with E-state index in [1.807, 2.05) is 24.5 Å². The van der Waals surface area contributed by atoms with Gasteiger partial charge in [-0.25, -0.2) is 4.39 Å². The van der Waals surface area contributed by atoms with Crippen LogP contribution in [0.15, 0.2) is 41.3 Å². The first kappa shape index (κ1) is 15.7. The zero-order valence-corrected chi connectivity index (χ0v) is 12.9. The van der Waals surface area contributed by atoms with E-state index in [1.54, 1.807) is 6.07 Å². The molecule has 0 aliphatic rings. The molecule has 2 aromatic carbocycles. The molecule has 1 atom stereocenters. The minimum Gasteiger partial charge on any atom is -0.493 e. The second kappa shape index (κ2) is 6.83. The van der Waals surface area contributed by atoms with E-state index in [0.29, 0.717) is 17.1 Å². The van der Waals surface area contributed by atoms with E-state index in [0.717, 1.165) is 4.90 Å². The summed E-state index contributed by atoms with van der Waals surface area (Å²) in [5, 5.41) is 10.5. The fourth-order valence-electron chi connectivity index (χ4n) is 2.14. The molecule has 0 spiro atoms. The van der Waals surface area contributed by atoms with Crippen molar-refractivity contribution in [1.29, 1.82) is 0 Å². The van der Waals surface area contributed by atoms with Gasteiger partial charge >= 0.3 is 0 Å². The summed E-state index contributed by atoms with van der Waals surface area (Å²) >= 11 is 1.50. The Morgan fingerprint density at radius 1 is 1.05 bits per heavy atom. The van der Waals surface area contributed by atoms with Gasteiger partial charge in [0.15, 0.2) is 11.5 Å². The van der Waals surface area contributed by atoms with Gasteiger partial charge in [-0.2, -0.15) is 0 Å². The maximum Gasteiger partial charge on any atom is 0.163 e. The molecule has 0 heterocycles. The molecule has 0 amide bonds. The number of rotatable bonds is 5. The van der Waals surface area contributed by atoms with Gasteiger partial charge in [0.25, 0.3) is 0 Å². The van der Waals surface area contributed by atoms with Crippen LogP contribution in [0.3, 0.4) is 0 Å². The molecule has 5 heteroatoms. The molecule has 21 heavy (non-hydrogen) atoms. The van der Waals surface area contributed by atoms with Gasteiger partial charge in [0, 0.05) is 16.5 Å². The zero-order valence-electron chi connectivity index (χ0n) is 12.1. The van der Waals surface area contributed by atoms with Gasteiger partial charge in [-0.05, 0) is 24.0 Å². The van der Waals surface area contributed by atoms with Crippen LogP contribution in [0, 0.1) is 5.82 Å². The van der Waals surface area contributed by atoms with Crippen molar-refractivity contribution in [2.24, 2.45) is 0 Å². The van der Waals surface area contributed by atoms with Crippen LogP contribution in [0.5, 0.6) is 11.5 Å². The maximum absolute atomic E-state index is 14.2. The molecule has 0 aromatic heterocycles. The molecule has 0 fully saturated rings. The second-order valence-corrected chi connectivity index (χ2v) is 5.22. The van der Waals surface area contributed by atoms with Crippen LogP contribution in [0.2, 0.25) is 0 Å². The Morgan fingerprint density at radius 2 is 1.67 bits per heavy atom. The molecule has 0 aliphatic heterocycles. The van der Waals surface area contributed by atoms with Gasteiger partial charge < -0.3 is 14.6 Å². The number of methoxy groups -OCH3 is 2. The van der Waals surface area contributed by atoms with Crippen LogP contribution < -0.4 is 9.47 Å². The summed E-state index contributed by atoms with van der Waals surface area (Å²) < 4.78 is 24.4. The number of hydrogen-bond donors (Lipinski definition) is 1. The molecule has 0 radical (unpaired) electrons. The average Bonchev–Trinajstić information content (AvgIpc) is 2.53. The summed E-state index contributed by atoms with van der Waals surface area (Å²) in [6.45, 7) is 0. The van der Waals surface area contributed by atoms with Crippen LogP contribution in [-0.2, 0) is 0 Å². The average molecular weight is 308 g/mol. The van der Waals surface area contributed by atoms with Crippen LogP contribution in [-0.4, -0.2) is 25.6 Å². The summed E-state index contributed by atoms with van der Waals surface area (Å²) in [6.07, 6.45) is 0.852. The van der Waals surface area contributed by atoms with Gasteiger partial charge in [0.05, 0.1) is 14.2 Å². The van der Waals surface area contributed by atoms with E-state index in [1.165, 1.54) is 38.1 Å². The molecule has 112 valence electrons. The lowest BCUT2D eigenvalue weighted by Crippen LogP contribution is -2.05. The lowest BCUT2D eigenvalue weighted by molar-refractivity contribution is 0.211. The van der Waals surface area contributed by atoms with Crippen molar-refractivity contribution in [3.05, 3.63) is 53.3 Å². The van der Waals surface area contributed by atoms with Crippen LogP contribution in [0.25, 0.3) is 0 Å². The zero-order chi connectivity index (χ0) is 15.4. The minimum atomic E-state index is -1.06. The normalized spacial score (nSPS) is 12.0. The fourth-order valence-corrected chi connectivity index (χ4v) is 2.77. The van der Waals surface area contributed by atoms with E-state index in [-0.39, 0.29) is 5.56 Å². The Hall–Kier alpha value is -1.72. The van der Waals surface area contributed by atoms with Gasteiger partial charge in [0.1, 0.15) is 11.9 Å². The van der Waals surface area contributed by atoms with Crippen molar-refractivity contribution in [2.45, 2.75) is 11.0 Å². The van der Waals surface area contributed by atoms with Crippen molar-refractivity contribution in [1.82, 2.24) is 0 Å². The van der Waals surface area contributed by atoms with Gasteiger partial charge in [-0.3, -0.25) is 0 Å². The molecular formula is C16H17FO3S. The lowest BCUT2D eigenvalue weighted by Gasteiger charge is -2.17. The summed E-state index contributed by atoms with van der Waals surface area (Å²) in [5.41, 5.74) is 0.824. The largest absolute Gasteiger partial charge is 0.493 e. The van der Waals surface area contributed by atoms with Gasteiger partial charge in [-0.15, -0.1) is 11.8 Å². The minimum absolute atomic E-state index is 0.161. The Labute approximate surface area is 127 Å². The number of thioether (sulfide) groups is 1. The van der Waals surface area contributed by atoms with E-state index >= 15 is 0 Å². The molecule has 0 aliphatic carbocycles. The third kappa shape index (κ3) is 3.14. The first-order chi connectivity index (χ1) is 10.1. The van der Waals surface area contributed by atoms with Crippen LogP contribution in [0.1, 0.15) is 17.2 Å². The first-order valence-corrected chi connectivity index (χ1v) is 7.57. The number of aliphatic hydroxyl groups is 1. The SMILES string of the molecule is COc1cc(F)c(C(O)c2ccccc2SC)cc1OC. The molecule has 2 aromatic rings. The highest BCUT2D eigenvalue weighted by Gasteiger charge is 2.20. The van der Waals surface area contributed by atoms with Crippen LogP contribution in [0.4, 0.5) is 4.39 Å². The molecule has 1 unspecified atom stereocenters. The Bertz CT molecular complexity index is 631. The fraction of sp³-hybridized carbons (Fsp3) is 0.250. The highest BCUT2D eigenvalue weighted by molar-refractivity contribution is 7.98. The second-order valence-electron chi connectivity index (χ2n) is 4.37. The van der Waals surface area contributed by atoms with Crippen molar-refractivity contribution >= 4 is 11.8 Å². The molecule has 1 N–H and O–H groups in total. The molecule has 0 bridgehead atoms. The smallest absolute Gasteiger partial charge is 0.163 e. The summed E-state index contributed by atoms with van der Waals surface area (Å²) in [7, 11) is 2.91. The van der Waals surface area contributed by atoms with E-state index in [4.69, 9.17) is 9.47 Å². The molecule has 2 rings (SSSR count). The Morgan fingerprint density at radius 3 is 2.29 bits per heavy atom. The summed E-state index contributed by atoms with van der Waals surface area (Å²) in [4.78, 5) is 0.902. The lowest BCUT2D eigenvalue weighted by atomic mass is 10.0. The highest BCUT2D eigenvalue weighted by atomic mass is 32.2. The Kier molecular flexibility index (Phi) is 5.09. The van der Waals surface area contributed by atoms with Crippen LogP contribution >= 0.6 is 11.8 Å². The maximum atomic E-state index is 14.2. The predicted molar refractivity (Wildman–Crippen MR) is 81.8 cm³/mol. The van der Waals surface area contributed by atoms with Crippen molar-refractivity contribution in [2.75, 3.05) is 20.5 Å². The first-order valence-electron chi connectivity index (χ1n) is 6.34. The van der Waals surface area contributed by atoms with E-state index in [2.05, 4.69) is 0 Å². The van der Waals surface area contributed by atoms with E-state index in [9.17, 15) is 9.50 Å². The molecule has 3 nitrogen and oxygen atoms in total. The third-order valence-corrected chi connectivity index (χ3v) is 4.04. The topological polar surface area (TPSA) is 38.7 Å². The Balaban J connectivity index is 2.50.